The fourth-order valence-electron chi connectivity index (χ4n) is 3.49. The minimum Gasteiger partial charge on any atom is -0.307 e. The van der Waals surface area contributed by atoms with Gasteiger partial charge in [-0.25, -0.2) is 0 Å². The van der Waals surface area contributed by atoms with Gasteiger partial charge in [0, 0.05) is 18.0 Å². The minimum atomic E-state index is 0.379. The van der Waals surface area contributed by atoms with Crippen molar-refractivity contribution in [1.82, 2.24) is 5.32 Å². The molecule has 1 aliphatic rings. The van der Waals surface area contributed by atoms with Crippen LogP contribution in [0, 0.1) is 0 Å². The van der Waals surface area contributed by atoms with Gasteiger partial charge in [0.2, 0.25) is 0 Å². The van der Waals surface area contributed by atoms with E-state index in [-0.39, 0.29) is 0 Å². The van der Waals surface area contributed by atoms with Crippen LogP contribution in [0.5, 0.6) is 0 Å². The summed E-state index contributed by atoms with van der Waals surface area (Å²) >= 11 is 0. The third kappa shape index (κ3) is 2.53. The number of hydrogen-bond acceptors (Lipinski definition) is 1. The van der Waals surface area contributed by atoms with Crippen LogP contribution in [0.15, 0.2) is 72.8 Å². The van der Waals surface area contributed by atoms with Crippen LogP contribution < -0.4 is 5.32 Å². The molecule has 0 heterocycles. The molecule has 0 amide bonds. The molecule has 3 aromatic rings. The van der Waals surface area contributed by atoms with Gasteiger partial charge >= 0.3 is 0 Å². The molecule has 110 valence electrons. The van der Waals surface area contributed by atoms with E-state index in [4.69, 9.17) is 0 Å². The van der Waals surface area contributed by atoms with Gasteiger partial charge in [0.1, 0.15) is 0 Å². The molecule has 1 saturated carbocycles. The van der Waals surface area contributed by atoms with Gasteiger partial charge in [-0.1, -0.05) is 72.8 Å². The molecule has 3 unspecified atom stereocenters. The SMILES string of the molecule is CC(NC1CC1c1ccccc1)c1cccc2ccccc12. The van der Waals surface area contributed by atoms with Crippen molar-refractivity contribution in [3.05, 3.63) is 83.9 Å². The Labute approximate surface area is 132 Å². The Balaban J connectivity index is 1.52. The van der Waals surface area contributed by atoms with Gasteiger partial charge in [0.15, 0.2) is 0 Å². The van der Waals surface area contributed by atoms with E-state index in [0.29, 0.717) is 18.0 Å². The third-order valence-electron chi connectivity index (χ3n) is 4.77. The zero-order valence-electron chi connectivity index (χ0n) is 12.9. The van der Waals surface area contributed by atoms with Gasteiger partial charge in [-0.15, -0.1) is 0 Å². The fourth-order valence-corrected chi connectivity index (χ4v) is 3.49. The van der Waals surface area contributed by atoms with Crippen LogP contribution in [0.3, 0.4) is 0 Å². The first-order chi connectivity index (χ1) is 10.8. The quantitative estimate of drug-likeness (QED) is 0.708. The number of fused-ring (bicyclic) bond motifs is 1. The Kier molecular flexibility index (Phi) is 3.44. The highest BCUT2D eigenvalue weighted by Crippen LogP contribution is 2.42. The molecule has 0 bridgehead atoms. The average Bonchev–Trinajstić information content (AvgIpc) is 3.34. The predicted molar refractivity (Wildman–Crippen MR) is 93.1 cm³/mol. The molecule has 22 heavy (non-hydrogen) atoms. The Morgan fingerprint density at radius 3 is 2.45 bits per heavy atom. The normalized spacial score (nSPS) is 21.7. The van der Waals surface area contributed by atoms with Gasteiger partial charge in [0.05, 0.1) is 0 Å². The van der Waals surface area contributed by atoms with Crippen LogP contribution in [-0.4, -0.2) is 6.04 Å². The number of nitrogens with one attached hydrogen (secondary N) is 1. The van der Waals surface area contributed by atoms with E-state index in [0.717, 1.165) is 0 Å². The topological polar surface area (TPSA) is 12.0 Å². The first kappa shape index (κ1) is 13.5. The van der Waals surface area contributed by atoms with Gasteiger partial charge in [-0.2, -0.15) is 0 Å². The second kappa shape index (κ2) is 5.58. The van der Waals surface area contributed by atoms with Crippen molar-refractivity contribution in [3.63, 3.8) is 0 Å². The lowest BCUT2D eigenvalue weighted by Crippen LogP contribution is -2.22. The lowest BCUT2D eigenvalue weighted by atomic mass is 9.99. The van der Waals surface area contributed by atoms with Crippen molar-refractivity contribution in [2.45, 2.75) is 31.3 Å². The summed E-state index contributed by atoms with van der Waals surface area (Å²) in [7, 11) is 0. The summed E-state index contributed by atoms with van der Waals surface area (Å²) in [4.78, 5) is 0. The van der Waals surface area contributed by atoms with Crippen LogP contribution >= 0.6 is 0 Å². The van der Waals surface area contributed by atoms with E-state index in [2.05, 4.69) is 85.0 Å². The number of benzene rings is 3. The zero-order chi connectivity index (χ0) is 14.9. The summed E-state index contributed by atoms with van der Waals surface area (Å²) in [6.45, 7) is 2.28. The molecule has 0 aromatic heterocycles. The summed E-state index contributed by atoms with van der Waals surface area (Å²) in [5.41, 5.74) is 2.86. The van der Waals surface area contributed by atoms with Crippen LogP contribution in [0.25, 0.3) is 10.8 Å². The third-order valence-corrected chi connectivity index (χ3v) is 4.77. The molecular weight excluding hydrogens is 266 g/mol. The van der Waals surface area contributed by atoms with Gasteiger partial charge in [-0.3, -0.25) is 0 Å². The van der Waals surface area contributed by atoms with Crippen LogP contribution in [0.1, 0.15) is 36.4 Å². The van der Waals surface area contributed by atoms with Crippen LogP contribution in [0.2, 0.25) is 0 Å². The minimum absolute atomic E-state index is 0.379. The lowest BCUT2D eigenvalue weighted by molar-refractivity contribution is 0.566. The van der Waals surface area contributed by atoms with E-state index < -0.39 is 0 Å². The Morgan fingerprint density at radius 1 is 0.864 bits per heavy atom. The summed E-state index contributed by atoms with van der Waals surface area (Å²) in [6, 6.07) is 27.1. The van der Waals surface area contributed by atoms with Crippen LogP contribution in [-0.2, 0) is 0 Å². The smallest absolute Gasteiger partial charge is 0.0300 e. The summed E-state index contributed by atoms with van der Waals surface area (Å²) in [6.07, 6.45) is 1.25. The Morgan fingerprint density at radius 2 is 1.59 bits per heavy atom. The summed E-state index contributed by atoms with van der Waals surface area (Å²) < 4.78 is 0. The van der Waals surface area contributed by atoms with E-state index in [9.17, 15) is 0 Å². The summed E-state index contributed by atoms with van der Waals surface area (Å²) in [5, 5.41) is 6.50. The second-order valence-electron chi connectivity index (χ2n) is 6.32. The Hall–Kier alpha value is -2.12. The predicted octanol–water partition coefficient (Wildman–Crippen LogP) is 5.05. The molecule has 1 nitrogen and oxygen atoms in total. The summed E-state index contributed by atoms with van der Waals surface area (Å²) in [5.74, 6) is 0.679. The molecule has 0 spiro atoms. The number of rotatable bonds is 4. The molecule has 0 saturated heterocycles. The van der Waals surface area contributed by atoms with Gasteiger partial charge in [0.25, 0.3) is 0 Å². The van der Waals surface area contributed by atoms with Crippen molar-refractivity contribution in [2.24, 2.45) is 0 Å². The van der Waals surface area contributed by atoms with Gasteiger partial charge < -0.3 is 5.32 Å². The maximum Gasteiger partial charge on any atom is 0.0300 e. The molecule has 1 aliphatic carbocycles. The van der Waals surface area contributed by atoms with Crippen molar-refractivity contribution in [3.8, 4) is 0 Å². The first-order valence-corrected chi connectivity index (χ1v) is 8.11. The van der Waals surface area contributed by atoms with Crippen molar-refractivity contribution < 1.29 is 0 Å². The second-order valence-corrected chi connectivity index (χ2v) is 6.32. The molecule has 0 aliphatic heterocycles. The molecule has 1 fully saturated rings. The highest BCUT2D eigenvalue weighted by Gasteiger charge is 2.38. The maximum atomic E-state index is 3.81. The Bertz CT molecular complexity index is 773. The van der Waals surface area contributed by atoms with E-state index in [1.807, 2.05) is 0 Å². The van der Waals surface area contributed by atoms with E-state index in [1.165, 1.54) is 28.3 Å². The van der Waals surface area contributed by atoms with Crippen LogP contribution in [0.4, 0.5) is 0 Å². The molecular formula is C21H21N. The fraction of sp³-hybridized carbons (Fsp3) is 0.238. The lowest BCUT2D eigenvalue weighted by Gasteiger charge is -2.17. The molecule has 3 atom stereocenters. The van der Waals surface area contributed by atoms with Crippen molar-refractivity contribution in [1.29, 1.82) is 0 Å². The van der Waals surface area contributed by atoms with Gasteiger partial charge in [-0.05, 0) is 35.2 Å². The van der Waals surface area contributed by atoms with Crippen molar-refractivity contribution >= 4 is 10.8 Å². The average molecular weight is 287 g/mol. The zero-order valence-corrected chi connectivity index (χ0v) is 12.9. The largest absolute Gasteiger partial charge is 0.307 e. The standard InChI is InChI=1S/C21H21N/c1-15(18-13-7-11-16-10-5-6-12-19(16)18)22-21-14-20(21)17-8-3-2-4-9-17/h2-13,15,20-22H,14H2,1H3. The molecule has 3 aromatic carbocycles. The number of hydrogen-bond donors (Lipinski definition) is 1. The monoisotopic (exact) mass is 287 g/mol. The van der Waals surface area contributed by atoms with E-state index >= 15 is 0 Å². The van der Waals surface area contributed by atoms with Crippen molar-refractivity contribution in [2.75, 3.05) is 0 Å². The van der Waals surface area contributed by atoms with E-state index in [1.54, 1.807) is 0 Å². The molecule has 1 heteroatoms. The first-order valence-electron chi connectivity index (χ1n) is 8.11. The highest BCUT2D eigenvalue weighted by atomic mass is 15.0. The molecule has 4 rings (SSSR count). The molecule has 0 radical (unpaired) electrons. The highest BCUT2D eigenvalue weighted by molar-refractivity contribution is 5.86. The maximum absolute atomic E-state index is 3.81. The molecule has 1 N–H and O–H groups in total.